The van der Waals surface area contributed by atoms with E-state index in [1.165, 1.54) is 6.42 Å². The topological polar surface area (TPSA) is 38.5 Å². The van der Waals surface area contributed by atoms with Crippen molar-refractivity contribution in [1.82, 2.24) is 4.90 Å². The largest absolute Gasteiger partial charge is 0.378 e. The van der Waals surface area contributed by atoms with Crippen LogP contribution in [0.3, 0.4) is 0 Å². The summed E-state index contributed by atoms with van der Waals surface area (Å²) in [7, 11) is 0. The van der Waals surface area contributed by atoms with E-state index in [2.05, 4.69) is 39.5 Å². The Balaban J connectivity index is 2.81. The Hall–Kier alpha value is -0.120. The maximum atomic E-state index is 6.20. The fraction of sp³-hybridized carbons (Fsp3) is 1.00. The zero-order valence-electron chi connectivity index (χ0n) is 13.6. The molecular formula is C16H34N2O. The monoisotopic (exact) mass is 270 g/mol. The second-order valence-corrected chi connectivity index (χ2v) is 6.59. The SMILES string of the molecule is CCC(C)CN(CC)C1(CN)CCOC(C(C)C)C1. The van der Waals surface area contributed by atoms with Gasteiger partial charge in [0.25, 0.3) is 0 Å². The predicted octanol–water partition coefficient (Wildman–Crippen LogP) is 2.89. The molecule has 0 amide bonds. The summed E-state index contributed by atoms with van der Waals surface area (Å²) in [6.07, 6.45) is 3.77. The predicted molar refractivity (Wildman–Crippen MR) is 82.3 cm³/mol. The van der Waals surface area contributed by atoms with Gasteiger partial charge in [-0.15, -0.1) is 0 Å². The fourth-order valence-corrected chi connectivity index (χ4v) is 3.13. The average Bonchev–Trinajstić information content (AvgIpc) is 2.44. The second-order valence-electron chi connectivity index (χ2n) is 6.59. The first-order valence-electron chi connectivity index (χ1n) is 8.05. The Morgan fingerprint density at radius 2 is 2.00 bits per heavy atom. The molecule has 0 radical (unpaired) electrons. The van der Waals surface area contributed by atoms with Crippen LogP contribution in [0.2, 0.25) is 0 Å². The maximum absolute atomic E-state index is 6.20. The van der Waals surface area contributed by atoms with Crippen LogP contribution in [0.4, 0.5) is 0 Å². The zero-order valence-corrected chi connectivity index (χ0v) is 13.6. The van der Waals surface area contributed by atoms with Crippen molar-refractivity contribution >= 4 is 0 Å². The van der Waals surface area contributed by atoms with Crippen molar-refractivity contribution in [3.8, 4) is 0 Å². The van der Waals surface area contributed by atoms with E-state index in [1.807, 2.05) is 0 Å². The molecule has 0 saturated carbocycles. The van der Waals surface area contributed by atoms with E-state index in [1.54, 1.807) is 0 Å². The van der Waals surface area contributed by atoms with Gasteiger partial charge in [0.1, 0.15) is 0 Å². The summed E-state index contributed by atoms with van der Waals surface area (Å²) in [6, 6.07) is 0. The molecule has 114 valence electrons. The van der Waals surface area contributed by atoms with Crippen LogP contribution < -0.4 is 5.73 Å². The molecule has 0 spiro atoms. The van der Waals surface area contributed by atoms with Crippen molar-refractivity contribution in [3.63, 3.8) is 0 Å². The van der Waals surface area contributed by atoms with Crippen LogP contribution in [-0.2, 0) is 4.74 Å². The highest BCUT2D eigenvalue weighted by Crippen LogP contribution is 2.33. The summed E-state index contributed by atoms with van der Waals surface area (Å²) >= 11 is 0. The second kappa shape index (κ2) is 7.61. The molecule has 1 heterocycles. The molecule has 3 nitrogen and oxygen atoms in total. The van der Waals surface area contributed by atoms with Crippen molar-refractivity contribution in [2.24, 2.45) is 17.6 Å². The molecule has 0 aromatic carbocycles. The summed E-state index contributed by atoms with van der Waals surface area (Å²) in [4.78, 5) is 2.62. The van der Waals surface area contributed by atoms with Crippen LogP contribution in [-0.4, -0.2) is 42.8 Å². The van der Waals surface area contributed by atoms with E-state index in [9.17, 15) is 0 Å². The Labute approximate surface area is 119 Å². The lowest BCUT2D eigenvalue weighted by Gasteiger charge is -2.49. The number of nitrogens with two attached hydrogens (primary N) is 1. The standard InChI is InChI=1S/C16H34N2O/c1-6-14(5)11-18(7-2)16(12-17)8-9-19-15(10-16)13(3)4/h13-15H,6-12,17H2,1-5H3. The lowest BCUT2D eigenvalue weighted by atomic mass is 9.81. The first kappa shape index (κ1) is 16.9. The first-order chi connectivity index (χ1) is 8.99. The van der Waals surface area contributed by atoms with Gasteiger partial charge in [-0.1, -0.05) is 41.0 Å². The van der Waals surface area contributed by atoms with Gasteiger partial charge in [0.15, 0.2) is 0 Å². The minimum absolute atomic E-state index is 0.158. The molecule has 1 aliphatic rings. The minimum Gasteiger partial charge on any atom is -0.378 e. The van der Waals surface area contributed by atoms with Gasteiger partial charge in [-0.25, -0.2) is 0 Å². The van der Waals surface area contributed by atoms with E-state index in [4.69, 9.17) is 10.5 Å². The average molecular weight is 270 g/mol. The van der Waals surface area contributed by atoms with Crippen molar-refractivity contribution in [1.29, 1.82) is 0 Å². The third kappa shape index (κ3) is 4.17. The number of ether oxygens (including phenoxy) is 1. The normalized spacial score (nSPS) is 30.0. The third-order valence-electron chi connectivity index (χ3n) is 4.89. The van der Waals surface area contributed by atoms with Gasteiger partial charge in [0.05, 0.1) is 6.10 Å². The number of hydrogen-bond acceptors (Lipinski definition) is 3. The van der Waals surface area contributed by atoms with Crippen molar-refractivity contribution < 1.29 is 4.74 Å². The minimum atomic E-state index is 0.158. The molecule has 1 rings (SSSR count). The summed E-state index contributed by atoms with van der Waals surface area (Å²) in [5, 5.41) is 0. The molecule has 3 unspecified atom stereocenters. The summed E-state index contributed by atoms with van der Waals surface area (Å²) in [5.41, 5.74) is 6.36. The molecule has 0 bridgehead atoms. The summed E-state index contributed by atoms with van der Waals surface area (Å²) in [5.74, 6) is 1.32. The Morgan fingerprint density at radius 3 is 2.47 bits per heavy atom. The van der Waals surface area contributed by atoms with Crippen LogP contribution in [0, 0.1) is 11.8 Å². The van der Waals surface area contributed by atoms with Crippen LogP contribution in [0.25, 0.3) is 0 Å². The van der Waals surface area contributed by atoms with Gasteiger partial charge < -0.3 is 10.5 Å². The van der Waals surface area contributed by atoms with E-state index in [0.717, 1.165) is 45.0 Å². The van der Waals surface area contributed by atoms with E-state index >= 15 is 0 Å². The van der Waals surface area contributed by atoms with Gasteiger partial charge in [0.2, 0.25) is 0 Å². The molecule has 0 aromatic heterocycles. The van der Waals surface area contributed by atoms with Gasteiger partial charge in [-0.2, -0.15) is 0 Å². The number of rotatable bonds is 7. The number of nitrogens with zero attached hydrogens (tertiary/aromatic N) is 1. The maximum Gasteiger partial charge on any atom is 0.0616 e. The van der Waals surface area contributed by atoms with E-state index < -0.39 is 0 Å². The summed E-state index contributed by atoms with van der Waals surface area (Å²) < 4.78 is 5.94. The fourth-order valence-electron chi connectivity index (χ4n) is 3.13. The zero-order chi connectivity index (χ0) is 14.5. The molecule has 3 heteroatoms. The van der Waals surface area contributed by atoms with Crippen molar-refractivity contribution in [2.75, 3.05) is 26.2 Å². The van der Waals surface area contributed by atoms with Crippen LogP contribution in [0.5, 0.6) is 0 Å². The lowest BCUT2D eigenvalue weighted by Crippen LogP contribution is -2.59. The van der Waals surface area contributed by atoms with E-state index in [-0.39, 0.29) is 5.54 Å². The number of hydrogen-bond donors (Lipinski definition) is 1. The quantitative estimate of drug-likeness (QED) is 0.773. The van der Waals surface area contributed by atoms with Crippen LogP contribution in [0.15, 0.2) is 0 Å². The van der Waals surface area contributed by atoms with Gasteiger partial charge >= 0.3 is 0 Å². The van der Waals surface area contributed by atoms with Crippen LogP contribution >= 0.6 is 0 Å². The van der Waals surface area contributed by atoms with E-state index in [0.29, 0.717) is 12.0 Å². The van der Waals surface area contributed by atoms with Gasteiger partial charge in [-0.05, 0) is 31.2 Å². The molecule has 0 aliphatic carbocycles. The summed E-state index contributed by atoms with van der Waals surface area (Å²) in [6.45, 7) is 15.2. The highest BCUT2D eigenvalue weighted by molar-refractivity contribution is 4.97. The Morgan fingerprint density at radius 1 is 1.32 bits per heavy atom. The smallest absolute Gasteiger partial charge is 0.0616 e. The molecule has 3 atom stereocenters. The third-order valence-corrected chi connectivity index (χ3v) is 4.89. The lowest BCUT2D eigenvalue weighted by molar-refractivity contribution is -0.0891. The van der Waals surface area contributed by atoms with Gasteiger partial charge in [0, 0.05) is 25.2 Å². The molecule has 0 aromatic rings. The molecule has 1 aliphatic heterocycles. The molecule has 2 N–H and O–H groups in total. The molecule has 1 saturated heterocycles. The molecular weight excluding hydrogens is 236 g/mol. The Bertz CT molecular complexity index is 257. The highest BCUT2D eigenvalue weighted by Gasteiger charge is 2.41. The van der Waals surface area contributed by atoms with Crippen molar-refractivity contribution in [3.05, 3.63) is 0 Å². The number of likely N-dealkylation sites (N-methyl/N-ethyl adjacent to an activating group) is 1. The molecule has 19 heavy (non-hydrogen) atoms. The van der Waals surface area contributed by atoms with Crippen molar-refractivity contribution in [2.45, 2.75) is 65.5 Å². The Kier molecular flexibility index (Phi) is 6.78. The first-order valence-corrected chi connectivity index (χ1v) is 8.05. The van der Waals surface area contributed by atoms with Crippen LogP contribution in [0.1, 0.15) is 53.9 Å². The molecule has 1 fully saturated rings. The highest BCUT2D eigenvalue weighted by atomic mass is 16.5. The van der Waals surface area contributed by atoms with Gasteiger partial charge in [-0.3, -0.25) is 4.90 Å².